The van der Waals surface area contributed by atoms with Crippen molar-refractivity contribution in [2.75, 3.05) is 0 Å². The first kappa shape index (κ1) is 34.5. The van der Waals surface area contributed by atoms with Crippen LogP contribution in [0.1, 0.15) is 0 Å². The third kappa shape index (κ3) is 5.32. The molecule has 0 aliphatic carbocycles. The van der Waals surface area contributed by atoms with Crippen LogP contribution in [0.15, 0.2) is 211 Å². The van der Waals surface area contributed by atoms with Gasteiger partial charge < -0.3 is 8.98 Å². The first-order valence-corrected chi connectivity index (χ1v) is 20.9. The molecule has 0 atom stereocenters. The zero-order valence-corrected chi connectivity index (χ0v) is 33.3. The molecule has 288 valence electrons. The summed E-state index contributed by atoms with van der Waals surface area (Å²) in [7, 11) is 0. The van der Waals surface area contributed by atoms with Crippen LogP contribution < -0.4 is 0 Å². The monoisotopic (exact) mass is 790 g/mol. The van der Waals surface area contributed by atoms with E-state index in [2.05, 4.69) is 156 Å². The van der Waals surface area contributed by atoms with E-state index in [0.717, 1.165) is 66.2 Å². The lowest BCUT2D eigenvalue weighted by atomic mass is 9.98. The normalized spacial score (nSPS) is 11.9. The summed E-state index contributed by atoms with van der Waals surface area (Å²) in [6.45, 7) is 0. The van der Waals surface area contributed by atoms with E-state index in [4.69, 9.17) is 19.4 Å². The van der Waals surface area contributed by atoms with Crippen LogP contribution >= 0.6 is 0 Å². The number of furan rings is 1. The molecule has 0 aliphatic heterocycles. The lowest BCUT2D eigenvalue weighted by Gasteiger charge is -2.13. The molecule has 5 nitrogen and oxygen atoms in total. The van der Waals surface area contributed by atoms with Crippen molar-refractivity contribution in [2.45, 2.75) is 0 Å². The first-order chi connectivity index (χ1) is 30.7. The molecule has 3 heterocycles. The summed E-state index contributed by atoms with van der Waals surface area (Å²) in [5, 5.41) is 11.6. The molecule has 0 aliphatic rings. The van der Waals surface area contributed by atoms with Crippen LogP contribution in [0.2, 0.25) is 0 Å². The fourth-order valence-corrected chi connectivity index (χ4v) is 9.57. The Hall–Kier alpha value is -8.41. The molecule has 0 fully saturated rings. The van der Waals surface area contributed by atoms with E-state index in [0.29, 0.717) is 17.5 Å². The van der Waals surface area contributed by atoms with Crippen molar-refractivity contribution in [1.82, 2.24) is 19.5 Å². The second kappa shape index (κ2) is 13.6. The molecular formula is C57H34N4O. The number of nitrogens with zero attached hydrogens (tertiary/aromatic N) is 4. The standard InChI is InChI=1S/C57H34N4O/c1-3-14-35(15-4-1)42-21-11-12-23-46(42)56-58-55(37-17-5-2-6-18-37)59-57(60-56)47-24-13-25-50-53(47)52-43-30-28-41(32-40(43)27-31-51(52)62-50)61-49-34-39-20-8-7-19-38(39)33-48(49)45-29-26-36-16-9-10-22-44(36)54(45)61/h1-34H. The molecular weight excluding hydrogens is 757 g/mol. The highest BCUT2D eigenvalue weighted by atomic mass is 16.3. The van der Waals surface area contributed by atoms with Gasteiger partial charge in [0.1, 0.15) is 11.2 Å². The number of hydrogen-bond acceptors (Lipinski definition) is 4. The summed E-state index contributed by atoms with van der Waals surface area (Å²) in [5.74, 6) is 1.81. The molecule has 62 heavy (non-hydrogen) atoms. The van der Waals surface area contributed by atoms with Crippen LogP contribution in [-0.4, -0.2) is 19.5 Å². The zero-order valence-electron chi connectivity index (χ0n) is 33.3. The highest BCUT2D eigenvalue weighted by Crippen LogP contribution is 2.43. The van der Waals surface area contributed by atoms with Crippen molar-refractivity contribution in [3.05, 3.63) is 206 Å². The Kier molecular flexibility index (Phi) is 7.54. The first-order valence-electron chi connectivity index (χ1n) is 20.9. The van der Waals surface area contributed by atoms with E-state index in [1.54, 1.807) is 0 Å². The van der Waals surface area contributed by atoms with E-state index < -0.39 is 0 Å². The maximum absolute atomic E-state index is 6.66. The van der Waals surface area contributed by atoms with Crippen LogP contribution in [0.4, 0.5) is 0 Å². The lowest BCUT2D eigenvalue weighted by Crippen LogP contribution is -2.01. The highest BCUT2D eigenvalue weighted by Gasteiger charge is 2.22. The molecule has 0 unspecified atom stereocenters. The second-order valence-corrected chi connectivity index (χ2v) is 15.9. The predicted octanol–water partition coefficient (Wildman–Crippen LogP) is 15.0. The van der Waals surface area contributed by atoms with Crippen LogP contribution in [-0.2, 0) is 0 Å². The number of benzene rings is 10. The largest absolute Gasteiger partial charge is 0.456 e. The Morgan fingerprint density at radius 3 is 1.77 bits per heavy atom. The maximum Gasteiger partial charge on any atom is 0.164 e. The molecule has 0 spiro atoms. The Morgan fingerprint density at radius 1 is 0.339 bits per heavy atom. The van der Waals surface area contributed by atoms with Crippen molar-refractivity contribution in [3.63, 3.8) is 0 Å². The van der Waals surface area contributed by atoms with E-state index in [9.17, 15) is 0 Å². The Bertz CT molecular complexity index is 3920. The quantitative estimate of drug-likeness (QED) is 0.174. The van der Waals surface area contributed by atoms with Crippen LogP contribution in [0.25, 0.3) is 127 Å². The van der Waals surface area contributed by atoms with E-state index in [1.165, 1.54) is 43.4 Å². The molecule has 10 aromatic carbocycles. The average molecular weight is 791 g/mol. The summed E-state index contributed by atoms with van der Waals surface area (Å²) in [6.07, 6.45) is 0. The summed E-state index contributed by atoms with van der Waals surface area (Å²) in [5.41, 5.74) is 9.98. The molecule has 3 aromatic heterocycles. The van der Waals surface area contributed by atoms with Gasteiger partial charge in [-0.3, -0.25) is 0 Å². The van der Waals surface area contributed by atoms with E-state index in [1.807, 2.05) is 54.6 Å². The predicted molar refractivity (Wildman–Crippen MR) is 256 cm³/mol. The van der Waals surface area contributed by atoms with Crippen molar-refractivity contribution >= 4 is 76.1 Å². The van der Waals surface area contributed by atoms with Crippen LogP contribution in [0.3, 0.4) is 0 Å². The van der Waals surface area contributed by atoms with Crippen molar-refractivity contribution < 1.29 is 4.42 Å². The highest BCUT2D eigenvalue weighted by molar-refractivity contribution is 6.24. The second-order valence-electron chi connectivity index (χ2n) is 15.9. The molecule has 13 aromatic rings. The van der Waals surface area contributed by atoms with Gasteiger partial charge in [0.25, 0.3) is 0 Å². The number of aromatic nitrogens is 4. The van der Waals surface area contributed by atoms with Gasteiger partial charge in [-0.1, -0.05) is 170 Å². The molecule has 0 bridgehead atoms. The summed E-state index contributed by atoms with van der Waals surface area (Å²) in [4.78, 5) is 15.6. The third-order valence-electron chi connectivity index (χ3n) is 12.4. The van der Waals surface area contributed by atoms with Gasteiger partial charge in [-0.05, 0) is 74.5 Å². The van der Waals surface area contributed by atoms with Gasteiger partial charge in [0.15, 0.2) is 17.5 Å². The Labute approximate surface area is 355 Å². The van der Waals surface area contributed by atoms with E-state index >= 15 is 0 Å². The van der Waals surface area contributed by atoms with Gasteiger partial charge >= 0.3 is 0 Å². The third-order valence-corrected chi connectivity index (χ3v) is 12.4. The minimum Gasteiger partial charge on any atom is -0.456 e. The molecule has 0 saturated carbocycles. The van der Waals surface area contributed by atoms with Crippen LogP contribution in [0.5, 0.6) is 0 Å². The fourth-order valence-electron chi connectivity index (χ4n) is 9.57. The number of rotatable bonds is 5. The molecule has 0 saturated heterocycles. The number of hydrogen-bond donors (Lipinski definition) is 0. The van der Waals surface area contributed by atoms with Gasteiger partial charge in [0.05, 0.1) is 11.0 Å². The smallest absolute Gasteiger partial charge is 0.164 e. The lowest BCUT2D eigenvalue weighted by molar-refractivity contribution is 0.669. The topological polar surface area (TPSA) is 56.7 Å². The van der Waals surface area contributed by atoms with E-state index in [-0.39, 0.29) is 0 Å². The van der Waals surface area contributed by atoms with Crippen molar-refractivity contribution in [3.8, 4) is 51.0 Å². The minimum absolute atomic E-state index is 0.586. The van der Waals surface area contributed by atoms with Gasteiger partial charge in [-0.2, -0.15) is 0 Å². The zero-order chi connectivity index (χ0) is 40.7. The molecule has 13 rings (SSSR count). The average Bonchev–Trinajstić information content (AvgIpc) is 3.89. The number of fused-ring (bicyclic) bond motifs is 11. The Morgan fingerprint density at radius 2 is 0.952 bits per heavy atom. The molecule has 0 radical (unpaired) electrons. The molecule has 0 N–H and O–H groups in total. The van der Waals surface area contributed by atoms with Crippen molar-refractivity contribution in [2.24, 2.45) is 0 Å². The summed E-state index contributed by atoms with van der Waals surface area (Å²) >= 11 is 0. The summed E-state index contributed by atoms with van der Waals surface area (Å²) < 4.78 is 9.11. The van der Waals surface area contributed by atoms with Gasteiger partial charge in [-0.25, -0.2) is 15.0 Å². The van der Waals surface area contributed by atoms with Gasteiger partial charge in [0.2, 0.25) is 0 Å². The molecule has 0 amide bonds. The maximum atomic E-state index is 6.66. The van der Waals surface area contributed by atoms with Gasteiger partial charge in [-0.15, -0.1) is 0 Å². The fraction of sp³-hybridized carbons (Fsp3) is 0. The SMILES string of the molecule is c1ccc(-c2nc(-c3ccccc3-c3ccccc3)nc(-c3cccc4oc5ccc6cc(-n7c8cc9ccccc9cc8c8ccc9ccccc9c87)ccc6c5c34)n2)cc1. The summed E-state index contributed by atoms with van der Waals surface area (Å²) in [6, 6.07) is 72.7. The van der Waals surface area contributed by atoms with Crippen molar-refractivity contribution in [1.29, 1.82) is 0 Å². The molecule has 5 heteroatoms. The minimum atomic E-state index is 0.586. The van der Waals surface area contributed by atoms with Crippen LogP contribution in [0, 0.1) is 0 Å². The Balaban J connectivity index is 1.05. The van der Waals surface area contributed by atoms with Gasteiger partial charge in [0, 0.05) is 49.3 Å².